The minimum absolute atomic E-state index is 0.581. The van der Waals surface area contributed by atoms with Gasteiger partial charge in [-0.2, -0.15) is 0 Å². The highest BCUT2D eigenvalue weighted by Crippen LogP contribution is 2.35. The van der Waals surface area contributed by atoms with Crippen LogP contribution in [-0.2, 0) is 11.3 Å². The van der Waals surface area contributed by atoms with Crippen molar-refractivity contribution in [2.75, 3.05) is 13.2 Å². The Kier molecular flexibility index (Phi) is 2.61. The van der Waals surface area contributed by atoms with Crippen LogP contribution >= 0.6 is 0 Å². The van der Waals surface area contributed by atoms with E-state index in [9.17, 15) is 0 Å². The highest BCUT2D eigenvalue weighted by molar-refractivity contribution is 5.02. The van der Waals surface area contributed by atoms with Crippen molar-refractivity contribution in [1.82, 2.24) is 9.55 Å². The lowest BCUT2D eigenvalue weighted by Gasteiger charge is -2.06. The number of rotatable bonds is 5. The SMILES string of the molecule is NCCOCc1cncn1C1CC1. The second-order valence-corrected chi connectivity index (χ2v) is 3.36. The molecule has 13 heavy (non-hydrogen) atoms. The van der Waals surface area contributed by atoms with Crippen LogP contribution in [-0.4, -0.2) is 22.7 Å². The van der Waals surface area contributed by atoms with Crippen molar-refractivity contribution in [3.05, 3.63) is 18.2 Å². The van der Waals surface area contributed by atoms with Gasteiger partial charge in [-0.05, 0) is 12.8 Å². The van der Waals surface area contributed by atoms with E-state index in [1.807, 2.05) is 12.5 Å². The normalized spacial score (nSPS) is 16.4. The summed E-state index contributed by atoms with van der Waals surface area (Å²) in [6.45, 7) is 1.83. The van der Waals surface area contributed by atoms with Gasteiger partial charge in [-0.3, -0.25) is 0 Å². The average molecular weight is 181 g/mol. The number of aromatic nitrogens is 2. The lowest BCUT2D eigenvalue weighted by Crippen LogP contribution is -2.09. The van der Waals surface area contributed by atoms with Crippen molar-refractivity contribution in [2.24, 2.45) is 5.73 Å². The standard InChI is InChI=1S/C9H15N3O/c10-3-4-13-6-9-5-11-7-12(9)8-1-2-8/h5,7-8H,1-4,6,10H2. The molecule has 1 aliphatic rings. The summed E-state index contributed by atoms with van der Waals surface area (Å²) in [4.78, 5) is 4.11. The van der Waals surface area contributed by atoms with Crippen LogP contribution in [0.1, 0.15) is 24.6 Å². The van der Waals surface area contributed by atoms with Crippen LogP contribution in [0.4, 0.5) is 0 Å². The summed E-state index contributed by atoms with van der Waals surface area (Å²) in [5, 5.41) is 0. The van der Waals surface area contributed by atoms with Crippen molar-refractivity contribution in [3.63, 3.8) is 0 Å². The third kappa shape index (κ3) is 2.08. The van der Waals surface area contributed by atoms with Gasteiger partial charge in [-0.15, -0.1) is 0 Å². The second kappa shape index (κ2) is 3.89. The molecule has 1 heterocycles. The van der Waals surface area contributed by atoms with Crippen LogP contribution in [0.5, 0.6) is 0 Å². The molecule has 0 atom stereocenters. The van der Waals surface area contributed by atoms with Gasteiger partial charge in [0.05, 0.1) is 31.4 Å². The first-order chi connectivity index (χ1) is 6.42. The van der Waals surface area contributed by atoms with E-state index in [-0.39, 0.29) is 0 Å². The van der Waals surface area contributed by atoms with Crippen LogP contribution in [0.15, 0.2) is 12.5 Å². The maximum absolute atomic E-state index is 5.36. The fraction of sp³-hybridized carbons (Fsp3) is 0.667. The number of imidazole rings is 1. The predicted molar refractivity (Wildman–Crippen MR) is 49.2 cm³/mol. The first-order valence-corrected chi connectivity index (χ1v) is 4.70. The van der Waals surface area contributed by atoms with E-state index in [1.165, 1.54) is 12.8 Å². The van der Waals surface area contributed by atoms with Crippen LogP contribution in [0.3, 0.4) is 0 Å². The van der Waals surface area contributed by atoms with E-state index in [1.54, 1.807) is 0 Å². The molecule has 0 saturated heterocycles. The smallest absolute Gasteiger partial charge is 0.0951 e. The molecule has 1 aromatic rings. The molecule has 0 spiro atoms. The first-order valence-electron chi connectivity index (χ1n) is 4.70. The molecule has 1 saturated carbocycles. The molecule has 0 amide bonds. The zero-order valence-electron chi connectivity index (χ0n) is 7.65. The van der Waals surface area contributed by atoms with E-state index in [2.05, 4.69) is 9.55 Å². The van der Waals surface area contributed by atoms with Gasteiger partial charge in [0, 0.05) is 12.6 Å². The number of ether oxygens (including phenoxy) is 1. The summed E-state index contributed by atoms with van der Waals surface area (Å²) in [5.41, 5.74) is 6.49. The summed E-state index contributed by atoms with van der Waals surface area (Å²) in [5.74, 6) is 0. The largest absolute Gasteiger partial charge is 0.374 e. The maximum atomic E-state index is 5.36. The monoisotopic (exact) mass is 181 g/mol. The number of hydrogen-bond donors (Lipinski definition) is 1. The molecule has 4 heteroatoms. The van der Waals surface area contributed by atoms with E-state index in [4.69, 9.17) is 10.5 Å². The van der Waals surface area contributed by atoms with Crippen LogP contribution < -0.4 is 5.73 Å². The molecule has 4 nitrogen and oxygen atoms in total. The lowest BCUT2D eigenvalue weighted by atomic mass is 10.4. The van der Waals surface area contributed by atoms with Crippen molar-refractivity contribution in [2.45, 2.75) is 25.5 Å². The highest BCUT2D eigenvalue weighted by atomic mass is 16.5. The van der Waals surface area contributed by atoms with Crippen molar-refractivity contribution in [3.8, 4) is 0 Å². The van der Waals surface area contributed by atoms with Crippen molar-refractivity contribution in [1.29, 1.82) is 0 Å². The molecule has 0 aliphatic heterocycles. The molecular weight excluding hydrogens is 166 g/mol. The maximum Gasteiger partial charge on any atom is 0.0951 e. The fourth-order valence-electron chi connectivity index (χ4n) is 1.39. The minimum atomic E-state index is 0.581. The Morgan fingerprint density at radius 3 is 3.15 bits per heavy atom. The van der Waals surface area contributed by atoms with Crippen LogP contribution in [0.2, 0.25) is 0 Å². The molecule has 2 rings (SSSR count). The van der Waals surface area contributed by atoms with Gasteiger partial charge < -0.3 is 15.0 Å². The fourth-order valence-corrected chi connectivity index (χ4v) is 1.39. The first kappa shape index (κ1) is 8.72. The van der Waals surface area contributed by atoms with Crippen LogP contribution in [0.25, 0.3) is 0 Å². The zero-order valence-corrected chi connectivity index (χ0v) is 7.65. The Hall–Kier alpha value is -0.870. The van der Waals surface area contributed by atoms with Gasteiger partial charge in [0.2, 0.25) is 0 Å². The summed E-state index contributed by atoms with van der Waals surface area (Å²) >= 11 is 0. The molecule has 1 aromatic heterocycles. The van der Waals surface area contributed by atoms with Gasteiger partial charge >= 0.3 is 0 Å². The third-order valence-electron chi connectivity index (χ3n) is 2.20. The molecule has 2 N–H and O–H groups in total. The highest BCUT2D eigenvalue weighted by Gasteiger charge is 2.24. The minimum Gasteiger partial charge on any atom is -0.374 e. The molecule has 1 fully saturated rings. The van der Waals surface area contributed by atoms with E-state index in [0.29, 0.717) is 25.8 Å². The second-order valence-electron chi connectivity index (χ2n) is 3.36. The Balaban J connectivity index is 1.90. The topological polar surface area (TPSA) is 53.1 Å². The Morgan fingerprint density at radius 1 is 1.62 bits per heavy atom. The van der Waals surface area contributed by atoms with Gasteiger partial charge in [-0.25, -0.2) is 4.98 Å². The number of hydrogen-bond acceptors (Lipinski definition) is 3. The molecule has 0 unspecified atom stereocenters. The summed E-state index contributed by atoms with van der Waals surface area (Å²) in [6, 6.07) is 0.680. The van der Waals surface area contributed by atoms with Crippen LogP contribution in [0, 0.1) is 0 Å². The van der Waals surface area contributed by atoms with Gasteiger partial charge in [0.15, 0.2) is 0 Å². The Morgan fingerprint density at radius 2 is 2.46 bits per heavy atom. The predicted octanol–water partition coefficient (Wildman–Crippen LogP) is 0.693. The van der Waals surface area contributed by atoms with E-state index >= 15 is 0 Å². The lowest BCUT2D eigenvalue weighted by molar-refractivity contribution is 0.123. The number of nitrogens with two attached hydrogens (primary N) is 1. The third-order valence-corrected chi connectivity index (χ3v) is 2.20. The Bertz CT molecular complexity index is 268. The van der Waals surface area contributed by atoms with Crippen molar-refractivity contribution < 1.29 is 4.74 Å². The summed E-state index contributed by atoms with van der Waals surface area (Å²) < 4.78 is 7.56. The van der Waals surface area contributed by atoms with Crippen molar-refractivity contribution >= 4 is 0 Å². The average Bonchev–Trinajstić information content (AvgIpc) is 2.88. The van der Waals surface area contributed by atoms with Gasteiger partial charge in [-0.1, -0.05) is 0 Å². The quantitative estimate of drug-likeness (QED) is 0.680. The molecular formula is C9H15N3O. The van der Waals surface area contributed by atoms with E-state index in [0.717, 1.165) is 5.69 Å². The summed E-state index contributed by atoms with van der Waals surface area (Å²) in [6.07, 6.45) is 6.31. The Labute approximate surface area is 77.7 Å². The van der Waals surface area contributed by atoms with Gasteiger partial charge in [0.1, 0.15) is 0 Å². The summed E-state index contributed by atoms with van der Waals surface area (Å²) in [7, 11) is 0. The number of nitrogens with zero attached hydrogens (tertiary/aromatic N) is 2. The van der Waals surface area contributed by atoms with E-state index < -0.39 is 0 Å². The molecule has 0 aromatic carbocycles. The molecule has 0 radical (unpaired) electrons. The van der Waals surface area contributed by atoms with Gasteiger partial charge in [0.25, 0.3) is 0 Å². The zero-order chi connectivity index (χ0) is 9.10. The molecule has 0 bridgehead atoms. The molecule has 72 valence electrons. The molecule has 1 aliphatic carbocycles.